The maximum atomic E-state index is 13.4. The molecule has 0 unspecified atom stereocenters. The zero-order chi connectivity index (χ0) is 20.7. The Hall–Kier alpha value is -3.39. The lowest BCUT2D eigenvalue weighted by atomic mass is 9.84. The van der Waals surface area contributed by atoms with Gasteiger partial charge < -0.3 is 14.8 Å². The molecule has 0 radical (unpaired) electrons. The van der Waals surface area contributed by atoms with Crippen LogP contribution in [-0.2, 0) is 16.9 Å². The van der Waals surface area contributed by atoms with Crippen LogP contribution in [0.15, 0.2) is 53.9 Å². The minimum absolute atomic E-state index is 0.127. The molecule has 2 aliphatic heterocycles. The van der Waals surface area contributed by atoms with E-state index >= 15 is 0 Å². The molecule has 1 fully saturated rings. The molecule has 0 aliphatic carbocycles. The molecule has 3 aromatic rings. The van der Waals surface area contributed by atoms with Crippen LogP contribution < -0.4 is 14.8 Å². The first-order chi connectivity index (χ1) is 14.6. The predicted molar refractivity (Wildman–Crippen MR) is 111 cm³/mol. The quantitative estimate of drug-likeness (QED) is 0.652. The van der Waals surface area contributed by atoms with Crippen molar-refractivity contribution < 1.29 is 19.1 Å². The number of fused-ring (bicyclic) bond motifs is 2. The van der Waals surface area contributed by atoms with Gasteiger partial charge in [-0.2, -0.15) is 0 Å². The highest BCUT2D eigenvalue weighted by atomic mass is 32.1. The predicted octanol–water partition coefficient (Wildman–Crippen LogP) is 3.55. The third-order valence-corrected chi connectivity index (χ3v) is 6.41. The zero-order valence-corrected chi connectivity index (χ0v) is 17.1. The molecule has 0 saturated carbocycles. The molecule has 2 aliphatic rings. The average molecular weight is 421 g/mol. The first-order valence-electron chi connectivity index (χ1n) is 9.56. The number of aromatic nitrogens is 1. The number of rotatable bonds is 4. The highest BCUT2D eigenvalue weighted by Gasteiger charge is 2.54. The Kier molecular flexibility index (Phi) is 4.43. The summed E-state index contributed by atoms with van der Waals surface area (Å²) in [5, 5.41) is 5.62. The van der Waals surface area contributed by atoms with Crippen LogP contribution >= 0.6 is 11.3 Å². The van der Waals surface area contributed by atoms with Gasteiger partial charge in [0.1, 0.15) is 16.5 Å². The van der Waals surface area contributed by atoms with Crippen molar-refractivity contribution in [3.8, 4) is 22.1 Å². The summed E-state index contributed by atoms with van der Waals surface area (Å²) in [7, 11) is 1.62. The van der Waals surface area contributed by atoms with Crippen molar-refractivity contribution in [1.82, 2.24) is 15.2 Å². The minimum Gasteiger partial charge on any atom is -0.497 e. The number of carbonyl (C=O) groups is 2. The van der Waals surface area contributed by atoms with Crippen LogP contribution in [0.1, 0.15) is 17.7 Å². The van der Waals surface area contributed by atoms with E-state index in [2.05, 4.69) is 10.3 Å². The van der Waals surface area contributed by atoms with Gasteiger partial charge in [0.15, 0.2) is 5.54 Å². The summed E-state index contributed by atoms with van der Waals surface area (Å²) in [5.74, 6) is 1.15. The standard InChI is InChI=1S/C22H19N3O4S/c1-28-16-8-6-14(7-9-16)19-23-15(13-30-19)12-25-20(26)22(24-21(25)27)10-11-29-18-5-3-2-4-17(18)22/h2-9,13H,10-12H2,1H3,(H,24,27)/t22-/m0/s1. The van der Waals surface area contributed by atoms with E-state index in [0.29, 0.717) is 30.0 Å². The molecule has 2 aromatic carbocycles. The summed E-state index contributed by atoms with van der Waals surface area (Å²) in [6, 6.07) is 14.6. The van der Waals surface area contributed by atoms with Crippen LogP contribution in [0.5, 0.6) is 11.5 Å². The van der Waals surface area contributed by atoms with Crippen LogP contribution in [0.25, 0.3) is 10.6 Å². The molecule has 5 rings (SSSR count). The van der Waals surface area contributed by atoms with Gasteiger partial charge in [-0.05, 0) is 30.3 Å². The molecule has 1 atom stereocenters. The molecule has 0 bridgehead atoms. The van der Waals surface area contributed by atoms with Gasteiger partial charge in [0, 0.05) is 22.9 Å². The highest BCUT2D eigenvalue weighted by molar-refractivity contribution is 7.13. The molecule has 8 heteroatoms. The Morgan fingerprint density at radius 3 is 2.80 bits per heavy atom. The zero-order valence-electron chi connectivity index (χ0n) is 16.3. The first kappa shape index (κ1) is 18.6. The number of imide groups is 1. The van der Waals surface area contributed by atoms with Crippen LogP contribution in [0.2, 0.25) is 0 Å². The Balaban J connectivity index is 1.40. The van der Waals surface area contributed by atoms with E-state index < -0.39 is 11.6 Å². The van der Waals surface area contributed by atoms with Crippen molar-refractivity contribution in [2.45, 2.75) is 18.5 Å². The number of carbonyl (C=O) groups excluding carboxylic acids is 2. The Bertz CT molecular complexity index is 1130. The molecule has 7 nitrogen and oxygen atoms in total. The number of hydrogen-bond donors (Lipinski definition) is 1. The number of nitrogens with zero attached hydrogens (tertiary/aromatic N) is 2. The second-order valence-electron chi connectivity index (χ2n) is 7.19. The number of ether oxygens (including phenoxy) is 2. The summed E-state index contributed by atoms with van der Waals surface area (Å²) in [4.78, 5) is 32.0. The molecular formula is C22H19N3O4S. The Morgan fingerprint density at radius 1 is 1.20 bits per heavy atom. The number of thiazole rings is 1. The molecule has 3 amide bonds. The van der Waals surface area contributed by atoms with Crippen molar-refractivity contribution in [2.75, 3.05) is 13.7 Å². The fourth-order valence-electron chi connectivity index (χ4n) is 3.92. The lowest BCUT2D eigenvalue weighted by Gasteiger charge is -2.33. The molecule has 152 valence electrons. The number of hydrogen-bond acceptors (Lipinski definition) is 6. The number of para-hydroxylation sites is 1. The molecule has 3 heterocycles. The second kappa shape index (κ2) is 7.14. The van der Waals surface area contributed by atoms with Gasteiger partial charge in [-0.3, -0.25) is 9.69 Å². The third kappa shape index (κ3) is 2.91. The Morgan fingerprint density at radius 2 is 2.00 bits per heavy atom. The van der Waals surface area contributed by atoms with Gasteiger partial charge in [-0.1, -0.05) is 18.2 Å². The summed E-state index contributed by atoms with van der Waals surface area (Å²) in [5.41, 5.74) is 1.26. The molecule has 1 saturated heterocycles. The van der Waals surface area contributed by atoms with E-state index in [9.17, 15) is 9.59 Å². The second-order valence-corrected chi connectivity index (χ2v) is 8.05. The van der Waals surface area contributed by atoms with E-state index in [0.717, 1.165) is 16.3 Å². The SMILES string of the molecule is COc1ccc(-c2nc(CN3C(=O)N[C@]4(CCOc5ccccc54)C3=O)cs2)cc1. The lowest BCUT2D eigenvalue weighted by Crippen LogP contribution is -2.47. The number of amides is 3. The largest absolute Gasteiger partial charge is 0.497 e. The summed E-state index contributed by atoms with van der Waals surface area (Å²) < 4.78 is 10.9. The fraction of sp³-hybridized carbons (Fsp3) is 0.227. The minimum atomic E-state index is -1.07. The molecule has 1 aromatic heterocycles. The summed E-state index contributed by atoms with van der Waals surface area (Å²) in [6.07, 6.45) is 0.402. The smallest absolute Gasteiger partial charge is 0.325 e. The number of nitrogens with one attached hydrogen (secondary N) is 1. The fourth-order valence-corrected chi connectivity index (χ4v) is 4.74. The van der Waals surface area contributed by atoms with Crippen LogP contribution in [-0.4, -0.2) is 35.5 Å². The maximum absolute atomic E-state index is 13.4. The molecule has 30 heavy (non-hydrogen) atoms. The van der Waals surface area contributed by atoms with Crippen molar-refractivity contribution in [3.05, 3.63) is 65.2 Å². The van der Waals surface area contributed by atoms with E-state index in [1.165, 1.54) is 16.2 Å². The third-order valence-electron chi connectivity index (χ3n) is 5.47. The van der Waals surface area contributed by atoms with Crippen molar-refractivity contribution >= 4 is 23.3 Å². The monoisotopic (exact) mass is 421 g/mol. The maximum Gasteiger partial charge on any atom is 0.325 e. The van der Waals surface area contributed by atoms with E-state index in [1.807, 2.05) is 53.9 Å². The van der Waals surface area contributed by atoms with E-state index in [-0.39, 0.29) is 12.5 Å². The number of urea groups is 1. The van der Waals surface area contributed by atoms with Crippen molar-refractivity contribution in [3.63, 3.8) is 0 Å². The first-order valence-corrected chi connectivity index (χ1v) is 10.4. The molecule has 1 N–H and O–H groups in total. The van der Waals surface area contributed by atoms with Crippen molar-refractivity contribution in [2.24, 2.45) is 0 Å². The topological polar surface area (TPSA) is 80.8 Å². The number of benzene rings is 2. The molecular weight excluding hydrogens is 402 g/mol. The van der Waals surface area contributed by atoms with Gasteiger partial charge in [-0.25, -0.2) is 9.78 Å². The van der Waals surface area contributed by atoms with Gasteiger partial charge >= 0.3 is 6.03 Å². The summed E-state index contributed by atoms with van der Waals surface area (Å²) in [6.45, 7) is 0.497. The van der Waals surface area contributed by atoms with E-state index in [1.54, 1.807) is 7.11 Å². The van der Waals surface area contributed by atoms with Gasteiger partial charge in [0.2, 0.25) is 0 Å². The van der Waals surface area contributed by atoms with Gasteiger partial charge in [-0.15, -0.1) is 11.3 Å². The van der Waals surface area contributed by atoms with Crippen LogP contribution in [0.3, 0.4) is 0 Å². The number of methoxy groups -OCH3 is 1. The van der Waals surface area contributed by atoms with Crippen molar-refractivity contribution in [1.29, 1.82) is 0 Å². The lowest BCUT2D eigenvalue weighted by molar-refractivity contribution is -0.133. The molecule has 1 spiro atoms. The van der Waals surface area contributed by atoms with Gasteiger partial charge in [0.05, 0.1) is 26.0 Å². The highest BCUT2D eigenvalue weighted by Crippen LogP contribution is 2.41. The van der Waals surface area contributed by atoms with Crippen LogP contribution in [0, 0.1) is 0 Å². The summed E-state index contributed by atoms with van der Waals surface area (Å²) >= 11 is 1.48. The normalized spacial score (nSPS) is 20.1. The van der Waals surface area contributed by atoms with Gasteiger partial charge in [0.25, 0.3) is 5.91 Å². The Labute approximate surface area is 177 Å². The van der Waals surface area contributed by atoms with Crippen LogP contribution in [0.4, 0.5) is 4.79 Å². The average Bonchev–Trinajstić information content (AvgIpc) is 3.34. The van der Waals surface area contributed by atoms with E-state index in [4.69, 9.17) is 9.47 Å².